The lowest BCUT2D eigenvalue weighted by atomic mass is 10.2. The van der Waals surface area contributed by atoms with Crippen molar-refractivity contribution in [1.29, 1.82) is 0 Å². The number of hydrogen-bond donors (Lipinski definition) is 0. The van der Waals surface area contributed by atoms with E-state index in [0.29, 0.717) is 23.9 Å². The third kappa shape index (κ3) is 3.97. The van der Waals surface area contributed by atoms with Gasteiger partial charge in [0.25, 0.3) is 5.19 Å². The van der Waals surface area contributed by atoms with Crippen LogP contribution in [0.25, 0.3) is 10.2 Å². The Labute approximate surface area is 179 Å². The third-order valence-electron chi connectivity index (χ3n) is 5.90. The molecular weight excluding hydrogens is 400 g/mol. The standard InChI is InChI=1S/C22H24N4O3S/c1-15(27)25-13-16-2-3-17(14-25)26(16)10-11-28-18-4-6-19(7-5-18)29-22-24-20-12-23-9-8-21(20)30-22/h4-9,12,16-17H,2-3,10-11,13-14H2,1H3. The van der Waals surface area contributed by atoms with E-state index in [4.69, 9.17) is 9.47 Å². The molecule has 2 fully saturated rings. The zero-order valence-corrected chi connectivity index (χ0v) is 17.7. The molecular formula is C22H24N4O3S. The Morgan fingerprint density at radius 3 is 2.57 bits per heavy atom. The van der Waals surface area contributed by atoms with Gasteiger partial charge in [0, 0.05) is 44.8 Å². The van der Waals surface area contributed by atoms with Crippen LogP contribution in [0, 0.1) is 0 Å². The minimum Gasteiger partial charge on any atom is -0.492 e. The van der Waals surface area contributed by atoms with Crippen molar-refractivity contribution in [3.63, 3.8) is 0 Å². The minimum absolute atomic E-state index is 0.188. The van der Waals surface area contributed by atoms with E-state index in [1.165, 1.54) is 24.2 Å². The lowest BCUT2D eigenvalue weighted by molar-refractivity contribution is -0.132. The highest BCUT2D eigenvalue weighted by molar-refractivity contribution is 7.20. The van der Waals surface area contributed by atoms with E-state index in [-0.39, 0.29) is 5.91 Å². The summed E-state index contributed by atoms with van der Waals surface area (Å²) in [7, 11) is 0. The molecule has 8 heteroatoms. The Balaban J connectivity index is 1.13. The molecule has 1 aromatic carbocycles. The number of carbonyl (C=O) groups is 1. The maximum absolute atomic E-state index is 11.7. The summed E-state index contributed by atoms with van der Waals surface area (Å²) in [6.07, 6.45) is 5.83. The van der Waals surface area contributed by atoms with E-state index in [2.05, 4.69) is 14.9 Å². The molecule has 0 N–H and O–H groups in total. The number of fused-ring (bicyclic) bond motifs is 3. The van der Waals surface area contributed by atoms with Crippen LogP contribution in [0.2, 0.25) is 0 Å². The highest BCUT2D eigenvalue weighted by atomic mass is 32.1. The highest BCUT2D eigenvalue weighted by Crippen LogP contribution is 2.32. The fraction of sp³-hybridized carbons (Fsp3) is 0.409. The zero-order chi connectivity index (χ0) is 20.5. The average molecular weight is 425 g/mol. The predicted molar refractivity (Wildman–Crippen MR) is 115 cm³/mol. The van der Waals surface area contributed by atoms with E-state index in [0.717, 1.165) is 41.3 Å². The maximum Gasteiger partial charge on any atom is 0.279 e. The summed E-state index contributed by atoms with van der Waals surface area (Å²) in [5.41, 5.74) is 0.843. The van der Waals surface area contributed by atoms with E-state index >= 15 is 0 Å². The summed E-state index contributed by atoms with van der Waals surface area (Å²) >= 11 is 1.50. The summed E-state index contributed by atoms with van der Waals surface area (Å²) in [6.45, 7) is 4.89. The molecule has 2 aliphatic heterocycles. The van der Waals surface area contributed by atoms with Crippen LogP contribution in [0.1, 0.15) is 19.8 Å². The quantitative estimate of drug-likeness (QED) is 0.603. The fourth-order valence-corrected chi connectivity index (χ4v) is 5.19. The van der Waals surface area contributed by atoms with Crippen molar-refractivity contribution in [3.05, 3.63) is 42.7 Å². The van der Waals surface area contributed by atoms with Gasteiger partial charge in [-0.25, -0.2) is 4.98 Å². The van der Waals surface area contributed by atoms with Crippen molar-refractivity contribution in [2.75, 3.05) is 26.2 Å². The molecule has 156 valence electrons. The number of likely N-dealkylation sites (tertiary alicyclic amines) is 1. The number of nitrogens with zero attached hydrogens (tertiary/aromatic N) is 4. The van der Waals surface area contributed by atoms with E-state index in [1.807, 2.05) is 35.2 Å². The van der Waals surface area contributed by atoms with Gasteiger partial charge < -0.3 is 14.4 Å². The smallest absolute Gasteiger partial charge is 0.279 e. The van der Waals surface area contributed by atoms with Gasteiger partial charge in [0.2, 0.25) is 5.91 Å². The monoisotopic (exact) mass is 424 g/mol. The average Bonchev–Trinajstić information content (AvgIpc) is 3.25. The number of piperazine rings is 1. The molecule has 2 saturated heterocycles. The Bertz CT molecular complexity index is 991. The Morgan fingerprint density at radius 2 is 1.87 bits per heavy atom. The first-order valence-corrected chi connectivity index (χ1v) is 11.1. The van der Waals surface area contributed by atoms with Gasteiger partial charge in [-0.2, -0.15) is 0 Å². The van der Waals surface area contributed by atoms with Gasteiger partial charge in [0.05, 0.1) is 10.9 Å². The van der Waals surface area contributed by atoms with Gasteiger partial charge in [-0.05, 0) is 43.2 Å². The second-order valence-corrected chi connectivity index (χ2v) is 8.79. The molecule has 0 saturated carbocycles. The van der Waals surface area contributed by atoms with E-state index in [9.17, 15) is 4.79 Å². The fourth-order valence-electron chi connectivity index (χ4n) is 4.39. The highest BCUT2D eigenvalue weighted by Gasteiger charge is 2.40. The molecule has 2 aromatic heterocycles. The van der Waals surface area contributed by atoms with Crippen LogP contribution in [0.3, 0.4) is 0 Å². The topological polar surface area (TPSA) is 67.8 Å². The molecule has 2 unspecified atom stereocenters. The van der Waals surface area contributed by atoms with Crippen LogP contribution in [0.15, 0.2) is 42.7 Å². The van der Waals surface area contributed by atoms with Gasteiger partial charge in [0.15, 0.2) is 0 Å². The number of hydrogen-bond acceptors (Lipinski definition) is 7. The molecule has 30 heavy (non-hydrogen) atoms. The van der Waals surface area contributed by atoms with Gasteiger partial charge in [0.1, 0.15) is 23.6 Å². The van der Waals surface area contributed by atoms with Crippen LogP contribution in [-0.2, 0) is 4.79 Å². The lowest BCUT2D eigenvalue weighted by Gasteiger charge is -2.40. The molecule has 7 nitrogen and oxygen atoms in total. The lowest BCUT2D eigenvalue weighted by Crippen LogP contribution is -2.55. The number of aromatic nitrogens is 2. The minimum atomic E-state index is 0.188. The Hall–Kier alpha value is -2.71. The Kier molecular flexibility index (Phi) is 5.26. The number of rotatable bonds is 6. The van der Waals surface area contributed by atoms with Crippen LogP contribution < -0.4 is 9.47 Å². The molecule has 5 rings (SSSR count). The van der Waals surface area contributed by atoms with Gasteiger partial charge in [-0.3, -0.25) is 14.7 Å². The van der Waals surface area contributed by atoms with Crippen LogP contribution in [-0.4, -0.2) is 64.0 Å². The molecule has 0 radical (unpaired) electrons. The summed E-state index contributed by atoms with van der Waals surface area (Å²) in [5.74, 6) is 1.74. The van der Waals surface area contributed by atoms with E-state index in [1.54, 1.807) is 19.3 Å². The number of amides is 1. The van der Waals surface area contributed by atoms with Crippen molar-refractivity contribution in [2.24, 2.45) is 0 Å². The molecule has 3 aromatic rings. The van der Waals surface area contributed by atoms with Gasteiger partial charge in [-0.1, -0.05) is 11.3 Å². The normalized spacial score (nSPS) is 21.2. The summed E-state index contributed by atoms with van der Waals surface area (Å²) in [4.78, 5) is 24.7. The summed E-state index contributed by atoms with van der Waals surface area (Å²) in [5, 5.41) is 0.604. The first kappa shape index (κ1) is 19.3. The SMILES string of the molecule is CC(=O)N1CC2CCC(C1)N2CCOc1ccc(Oc2nc3cnccc3s2)cc1. The van der Waals surface area contributed by atoms with Crippen LogP contribution >= 0.6 is 11.3 Å². The largest absolute Gasteiger partial charge is 0.492 e. The molecule has 0 aliphatic carbocycles. The molecule has 2 atom stereocenters. The first-order valence-electron chi connectivity index (χ1n) is 10.3. The summed E-state index contributed by atoms with van der Waals surface area (Å²) < 4.78 is 12.9. The first-order chi connectivity index (χ1) is 14.7. The second-order valence-electron chi connectivity index (χ2n) is 7.79. The molecule has 1 amide bonds. The molecule has 2 bridgehead atoms. The van der Waals surface area contributed by atoms with Crippen molar-refractivity contribution in [2.45, 2.75) is 31.8 Å². The van der Waals surface area contributed by atoms with Gasteiger partial charge >= 0.3 is 0 Å². The van der Waals surface area contributed by atoms with E-state index < -0.39 is 0 Å². The van der Waals surface area contributed by atoms with Crippen molar-refractivity contribution in [1.82, 2.24) is 19.8 Å². The molecule has 0 spiro atoms. The predicted octanol–water partition coefficient (Wildman–Crippen LogP) is 3.56. The number of pyridine rings is 1. The number of ether oxygens (including phenoxy) is 2. The van der Waals surface area contributed by atoms with Crippen molar-refractivity contribution in [3.8, 4) is 16.7 Å². The number of thiazole rings is 1. The maximum atomic E-state index is 11.7. The van der Waals surface area contributed by atoms with Crippen molar-refractivity contribution < 1.29 is 14.3 Å². The number of benzene rings is 1. The van der Waals surface area contributed by atoms with Crippen LogP contribution in [0.4, 0.5) is 0 Å². The number of carbonyl (C=O) groups excluding carboxylic acids is 1. The zero-order valence-electron chi connectivity index (χ0n) is 16.9. The second kappa shape index (κ2) is 8.20. The molecule has 2 aliphatic rings. The molecule has 4 heterocycles. The summed E-state index contributed by atoms with van der Waals surface area (Å²) in [6, 6.07) is 10.5. The van der Waals surface area contributed by atoms with Crippen LogP contribution in [0.5, 0.6) is 16.7 Å². The van der Waals surface area contributed by atoms with Crippen molar-refractivity contribution >= 4 is 27.5 Å². The van der Waals surface area contributed by atoms with Gasteiger partial charge in [-0.15, -0.1) is 0 Å². The Morgan fingerprint density at radius 1 is 1.13 bits per heavy atom. The third-order valence-corrected chi connectivity index (χ3v) is 6.81.